The average Bonchev–Trinajstić information content (AvgIpc) is 2.28. The summed E-state index contributed by atoms with van der Waals surface area (Å²) in [6, 6.07) is 8.08. The van der Waals surface area contributed by atoms with Gasteiger partial charge >= 0.3 is 0 Å². The van der Waals surface area contributed by atoms with Crippen molar-refractivity contribution < 1.29 is 0 Å². The molecule has 4 heteroatoms. The van der Waals surface area contributed by atoms with Crippen molar-refractivity contribution in [3.8, 4) is 6.07 Å². The van der Waals surface area contributed by atoms with E-state index in [1.165, 1.54) is 0 Å². The maximum absolute atomic E-state index is 9.24. The Morgan fingerprint density at radius 3 is 2.82 bits per heavy atom. The van der Waals surface area contributed by atoms with Gasteiger partial charge in [-0.05, 0) is 26.0 Å². The van der Waals surface area contributed by atoms with Gasteiger partial charge in [-0.3, -0.25) is 4.98 Å². The first-order valence-electron chi connectivity index (χ1n) is 5.36. The Bertz CT molecular complexity index is 599. The summed E-state index contributed by atoms with van der Waals surface area (Å²) in [5.41, 5.74) is 2.06. The van der Waals surface area contributed by atoms with Crippen molar-refractivity contribution in [1.82, 2.24) is 4.98 Å². The third kappa shape index (κ3) is 2.32. The molecule has 17 heavy (non-hydrogen) atoms. The lowest BCUT2D eigenvalue weighted by molar-refractivity contribution is 0.899. The summed E-state index contributed by atoms with van der Waals surface area (Å²) in [4.78, 5) is 4.23. The molecule has 1 aromatic carbocycles. The van der Waals surface area contributed by atoms with Crippen molar-refractivity contribution in [2.75, 3.05) is 5.32 Å². The molecule has 0 spiro atoms. The second-order valence-corrected chi connectivity index (χ2v) is 4.56. The van der Waals surface area contributed by atoms with Crippen molar-refractivity contribution in [3.63, 3.8) is 0 Å². The fourth-order valence-corrected chi connectivity index (χ4v) is 1.89. The number of pyridine rings is 1. The Morgan fingerprint density at radius 2 is 2.18 bits per heavy atom. The van der Waals surface area contributed by atoms with Crippen LogP contribution in [0.2, 0.25) is 5.02 Å². The molecule has 1 N–H and O–H groups in total. The highest BCUT2D eigenvalue weighted by atomic mass is 35.5. The van der Waals surface area contributed by atoms with Gasteiger partial charge in [0, 0.05) is 17.6 Å². The third-order valence-corrected chi connectivity index (χ3v) is 2.58. The van der Waals surface area contributed by atoms with Gasteiger partial charge in [-0.15, -0.1) is 0 Å². The van der Waals surface area contributed by atoms with Crippen LogP contribution in [0.15, 0.2) is 24.4 Å². The SMILES string of the molecule is CC(C)Nc1ccc2cc(Cl)cnc2c1C#N. The minimum absolute atomic E-state index is 0.270. The molecule has 86 valence electrons. The van der Waals surface area contributed by atoms with Gasteiger partial charge in [-0.2, -0.15) is 5.26 Å². The van der Waals surface area contributed by atoms with Crippen LogP contribution in [0, 0.1) is 11.3 Å². The van der Waals surface area contributed by atoms with Crippen LogP contribution < -0.4 is 5.32 Å². The summed E-state index contributed by atoms with van der Waals surface area (Å²) in [5, 5.41) is 13.9. The number of nitrogens with one attached hydrogen (secondary N) is 1. The molecule has 0 unspecified atom stereocenters. The van der Waals surface area contributed by atoms with Gasteiger partial charge in [0.25, 0.3) is 0 Å². The number of hydrogen-bond acceptors (Lipinski definition) is 3. The van der Waals surface area contributed by atoms with E-state index in [0.717, 1.165) is 11.1 Å². The molecule has 1 aromatic heterocycles. The minimum atomic E-state index is 0.270. The standard InChI is InChI=1S/C13H12ClN3/c1-8(2)17-12-4-3-9-5-10(14)7-16-13(9)11(12)6-15/h3-5,7-8,17H,1-2H3. The van der Waals surface area contributed by atoms with E-state index < -0.39 is 0 Å². The first kappa shape index (κ1) is 11.7. The van der Waals surface area contributed by atoms with Crippen molar-refractivity contribution in [1.29, 1.82) is 5.26 Å². The van der Waals surface area contributed by atoms with E-state index in [9.17, 15) is 5.26 Å². The molecule has 3 nitrogen and oxygen atoms in total. The van der Waals surface area contributed by atoms with E-state index in [0.29, 0.717) is 16.1 Å². The normalized spacial score (nSPS) is 10.5. The van der Waals surface area contributed by atoms with Crippen molar-refractivity contribution in [3.05, 3.63) is 35.0 Å². The molecule has 0 aliphatic heterocycles. The molecule has 0 aliphatic carbocycles. The summed E-state index contributed by atoms with van der Waals surface area (Å²) < 4.78 is 0. The maximum atomic E-state index is 9.24. The van der Waals surface area contributed by atoms with Crippen LogP contribution in [-0.2, 0) is 0 Å². The number of nitriles is 1. The summed E-state index contributed by atoms with van der Waals surface area (Å²) in [6.07, 6.45) is 1.56. The Balaban J connectivity index is 2.66. The summed E-state index contributed by atoms with van der Waals surface area (Å²) in [5.74, 6) is 0. The van der Waals surface area contributed by atoms with Gasteiger partial charge in [-0.25, -0.2) is 0 Å². The van der Waals surface area contributed by atoms with Crippen LogP contribution in [0.4, 0.5) is 5.69 Å². The molecule has 0 radical (unpaired) electrons. The number of nitrogens with zero attached hydrogens (tertiary/aromatic N) is 2. The fraction of sp³-hybridized carbons (Fsp3) is 0.231. The molecule has 2 rings (SSSR count). The molecule has 0 fully saturated rings. The molecule has 2 aromatic rings. The Hall–Kier alpha value is -1.79. The molecular weight excluding hydrogens is 234 g/mol. The van der Waals surface area contributed by atoms with Gasteiger partial charge in [0.2, 0.25) is 0 Å². The van der Waals surface area contributed by atoms with E-state index in [1.54, 1.807) is 6.20 Å². The van der Waals surface area contributed by atoms with Gasteiger partial charge in [0.05, 0.1) is 16.2 Å². The Kier molecular flexibility index (Phi) is 3.16. The highest BCUT2D eigenvalue weighted by molar-refractivity contribution is 6.31. The smallest absolute Gasteiger partial charge is 0.104 e. The first-order valence-corrected chi connectivity index (χ1v) is 5.74. The number of halogens is 1. The largest absolute Gasteiger partial charge is 0.382 e. The van der Waals surface area contributed by atoms with E-state index in [4.69, 9.17) is 11.6 Å². The fourth-order valence-electron chi connectivity index (χ4n) is 1.72. The average molecular weight is 246 g/mol. The second-order valence-electron chi connectivity index (χ2n) is 4.12. The Labute approximate surface area is 105 Å². The highest BCUT2D eigenvalue weighted by Crippen LogP contribution is 2.26. The zero-order valence-corrected chi connectivity index (χ0v) is 10.4. The van der Waals surface area contributed by atoms with Gasteiger partial charge in [0.15, 0.2) is 0 Å². The topological polar surface area (TPSA) is 48.7 Å². The number of aromatic nitrogens is 1. The molecule has 0 saturated heterocycles. The maximum Gasteiger partial charge on any atom is 0.104 e. The van der Waals surface area contributed by atoms with Crippen LogP contribution in [0.3, 0.4) is 0 Å². The first-order chi connectivity index (χ1) is 8.11. The lowest BCUT2D eigenvalue weighted by atomic mass is 10.1. The lowest BCUT2D eigenvalue weighted by Crippen LogP contribution is -2.11. The lowest BCUT2D eigenvalue weighted by Gasteiger charge is -2.12. The molecule has 0 saturated carbocycles. The van der Waals surface area contributed by atoms with Crippen molar-refractivity contribution in [2.45, 2.75) is 19.9 Å². The molecule has 0 amide bonds. The summed E-state index contributed by atoms with van der Waals surface area (Å²) in [7, 11) is 0. The predicted molar refractivity (Wildman–Crippen MR) is 70.2 cm³/mol. The third-order valence-electron chi connectivity index (χ3n) is 2.38. The molecular formula is C13H12ClN3. The van der Waals surface area contributed by atoms with Crippen LogP contribution in [-0.4, -0.2) is 11.0 Å². The van der Waals surface area contributed by atoms with E-state index in [1.807, 2.05) is 32.0 Å². The summed E-state index contributed by atoms with van der Waals surface area (Å²) >= 11 is 5.88. The van der Waals surface area contributed by atoms with E-state index >= 15 is 0 Å². The van der Waals surface area contributed by atoms with E-state index in [2.05, 4.69) is 16.4 Å². The van der Waals surface area contributed by atoms with Crippen molar-refractivity contribution >= 4 is 28.2 Å². The summed E-state index contributed by atoms with van der Waals surface area (Å²) in [6.45, 7) is 4.06. The van der Waals surface area contributed by atoms with Crippen LogP contribution >= 0.6 is 11.6 Å². The van der Waals surface area contributed by atoms with Gasteiger partial charge < -0.3 is 5.32 Å². The number of benzene rings is 1. The minimum Gasteiger partial charge on any atom is -0.382 e. The number of fused-ring (bicyclic) bond motifs is 1. The van der Waals surface area contributed by atoms with Crippen LogP contribution in [0.25, 0.3) is 10.9 Å². The molecule has 0 bridgehead atoms. The van der Waals surface area contributed by atoms with Crippen LogP contribution in [0.5, 0.6) is 0 Å². The quantitative estimate of drug-likeness (QED) is 0.880. The Morgan fingerprint density at radius 1 is 1.41 bits per heavy atom. The van der Waals surface area contributed by atoms with Gasteiger partial charge in [0.1, 0.15) is 11.6 Å². The zero-order valence-electron chi connectivity index (χ0n) is 9.66. The van der Waals surface area contributed by atoms with Crippen molar-refractivity contribution in [2.24, 2.45) is 0 Å². The highest BCUT2D eigenvalue weighted by Gasteiger charge is 2.09. The number of anilines is 1. The van der Waals surface area contributed by atoms with Crippen LogP contribution in [0.1, 0.15) is 19.4 Å². The van der Waals surface area contributed by atoms with E-state index in [-0.39, 0.29) is 6.04 Å². The molecule has 0 aliphatic rings. The molecule has 1 heterocycles. The predicted octanol–water partition coefficient (Wildman–Crippen LogP) is 3.58. The molecule has 0 atom stereocenters. The second kappa shape index (κ2) is 4.60. The number of hydrogen-bond donors (Lipinski definition) is 1. The zero-order chi connectivity index (χ0) is 12.4. The monoisotopic (exact) mass is 245 g/mol. The van der Waals surface area contributed by atoms with Gasteiger partial charge in [-0.1, -0.05) is 17.7 Å². The number of rotatable bonds is 2.